The zero-order chi connectivity index (χ0) is 25.0. The first kappa shape index (κ1) is 33.2. The van der Waals surface area contributed by atoms with Crippen LogP contribution in [0.2, 0.25) is 0 Å². The normalized spacial score (nSPS) is 12.4. The lowest BCUT2D eigenvalue weighted by Gasteiger charge is -2.07. The Bertz CT molecular complexity index is 429. The number of hydrogen-bond acceptors (Lipinski definition) is 2. The number of rotatable bonds is 27. The molecule has 0 aliphatic rings. The molecule has 0 fully saturated rings. The molecule has 34 heavy (non-hydrogen) atoms. The van der Waals surface area contributed by atoms with Gasteiger partial charge in [0.15, 0.2) is 0 Å². The van der Waals surface area contributed by atoms with Crippen LogP contribution in [-0.4, -0.2) is 12.6 Å². The number of ether oxygens (including phenoxy) is 1. The van der Waals surface area contributed by atoms with E-state index in [2.05, 4.69) is 32.9 Å². The molecule has 0 aliphatic heterocycles. The maximum Gasteiger partial charge on any atom is 0.305 e. The van der Waals surface area contributed by atoms with Crippen molar-refractivity contribution in [2.24, 2.45) is 5.92 Å². The Balaban J connectivity index is 3.22. The van der Waals surface area contributed by atoms with Crippen LogP contribution in [0.15, 0.2) is 12.2 Å². The van der Waals surface area contributed by atoms with Crippen LogP contribution in [0.1, 0.15) is 175 Å². The summed E-state index contributed by atoms with van der Waals surface area (Å²) >= 11 is 0. The highest BCUT2D eigenvalue weighted by Crippen LogP contribution is 2.15. The van der Waals surface area contributed by atoms with Crippen molar-refractivity contribution in [2.45, 2.75) is 175 Å². The van der Waals surface area contributed by atoms with Gasteiger partial charge in [-0.15, -0.1) is 0 Å². The summed E-state index contributed by atoms with van der Waals surface area (Å²) in [6.07, 6.45) is 35.3. The number of carbonyl (C=O) groups excluding carboxylic acids is 1. The Morgan fingerprint density at radius 2 is 1.09 bits per heavy atom. The summed E-state index contributed by atoms with van der Waals surface area (Å²) < 4.78 is 5.41. The average molecular weight is 479 g/mol. The minimum absolute atomic E-state index is 0.0129. The first-order valence-corrected chi connectivity index (χ1v) is 15.5. The van der Waals surface area contributed by atoms with Crippen molar-refractivity contribution in [3.05, 3.63) is 12.2 Å². The molecule has 0 amide bonds. The zero-order valence-electron chi connectivity index (χ0n) is 23.7. The van der Waals surface area contributed by atoms with Crippen LogP contribution in [0.25, 0.3) is 0 Å². The van der Waals surface area contributed by atoms with Crippen LogP contribution in [0.4, 0.5) is 0 Å². The van der Waals surface area contributed by atoms with Crippen molar-refractivity contribution in [1.29, 1.82) is 0 Å². The molecule has 0 heterocycles. The molecule has 0 N–H and O–H groups in total. The number of carbonyl (C=O) groups is 1. The van der Waals surface area contributed by atoms with Crippen LogP contribution in [0.3, 0.4) is 0 Å². The van der Waals surface area contributed by atoms with Crippen LogP contribution < -0.4 is 0 Å². The molecule has 202 valence electrons. The summed E-state index contributed by atoms with van der Waals surface area (Å²) in [5.74, 6) is 0.915. The third-order valence-electron chi connectivity index (χ3n) is 7.19. The van der Waals surface area contributed by atoms with E-state index in [-0.39, 0.29) is 5.97 Å². The van der Waals surface area contributed by atoms with Crippen LogP contribution in [-0.2, 0) is 9.53 Å². The van der Waals surface area contributed by atoms with E-state index in [0.717, 1.165) is 25.2 Å². The molecule has 0 rings (SSSR count). The van der Waals surface area contributed by atoms with Gasteiger partial charge in [-0.1, -0.05) is 142 Å². The van der Waals surface area contributed by atoms with Gasteiger partial charge in [0.1, 0.15) is 0 Å². The van der Waals surface area contributed by atoms with Crippen LogP contribution in [0, 0.1) is 5.92 Å². The van der Waals surface area contributed by atoms with Crippen molar-refractivity contribution in [3.8, 4) is 0 Å². The molecule has 1 unspecified atom stereocenters. The lowest BCUT2D eigenvalue weighted by atomic mass is 10.00. The minimum Gasteiger partial charge on any atom is -0.466 e. The zero-order valence-corrected chi connectivity index (χ0v) is 23.7. The predicted molar refractivity (Wildman–Crippen MR) is 151 cm³/mol. The van der Waals surface area contributed by atoms with E-state index in [9.17, 15) is 4.79 Å². The number of unbranched alkanes of at least 4 members (excludes halogenated alkanes) is 18. The van der Waals surface area contributed by atoms with Gasteiger partial charge in [0.2, 0.25) is 0 Å². The van der Waals surface area contributed by atoms with Crippen molar-refractivity contribution >= 4 is 5.97 Å². The lowest BCUT2D eigenvalue weighted by Crippen LogP contribution is -2.05. The standard InChI is InChI=1S/C32H62O2/c1-4-6-7-8-9-10-11-12-13-14-15-16-20-23-26-29-32(33)34-30-27-24-21-18-17-19-22-25-28-31(3)5-2/h12-13,31H,4-11,14-30H2,1-3H3/b13-12-. The Morgan fingerprint density at radius 1 is 0.618 bits per heavy atom. The fraction of sp³-hybridized carbons (Fsp3) is 0.906. The molecule has 0 radical (unpaired) electrons. The van der Waals surface area contributed by atoms with E-state index in [4.69, 9.17) is 4.74 Å². The molecule has 2 nitrogen and oxygen atoms in total. The number of allylic oxidation sites excluding steroid dienone is 2. The van der Waals surface area contributed by atoms with Gasteiger partial charge in [-0.25, -0.2) is 0 Å². The van der Waals surface area contributed by atoms with E-state index >= 15 is 0 Å². The van der Waals surface area contributed by atoms with Crippen molar-refractivity contribution in [3.63, 3.8) is 0 Å². The second-order valence-corrected chi connectivity index (χ2v) is 10.7. The molecular formula is C32H62O2. The fourth-order valence-corrected chi connectivity index (χ4v) is 4.46. The summed E-state index contributed by atoms with van der Waals surface area (Å²) in [6.45, 7) is 7.56. The molecule has 0 aromatic heterocycles. The molecule has 2 heteroatoms. The first-order valence-electron chi connectivity index (χ1n) is 15.5. The number of esters is 1. The highest BCUT2D eigenvalue weighted by molar-refractivity contribution is 5.69. The van der Waals surface area contributed by atoms with E-state index in [1.54, 1.807) is 0 Å². The van der Waals surface area contributed by atoms with Crippen LogP contribution in [0.5, 0.6) is 0 Å². The van der Waals surface area contributed by atoms with E-state index in [0.29, 0.717) is 13.0 Å². The molecular weight excluding hydrogens is 416 g/mol. The Hall–Kier alpha value is -0.790. The molecule has 0 spiro atoms. The first-order chi connectivity index (χ1) is 16.7. The third kappa shape index (κ3) is 27.5. The maximum absolute atomic E-state index is 11.9. The monoisotopic (exact) mass is 478 g/mol. The SMILES string of the molecule is CCCCCCCC/C=C\CCCCCCCC(=O)OCCCCCCCCCCC(C)CC. The largest absolute Gasteiger partial charge is 0.466 e. The molecule has 0 saturated carbocycles. The smallest absolute Gasteiger partial charge is 0.305 e. The maximum atomic E-state index is 11.9. The van der Waals surface area contributed by atoms with Gasteiger partial charge < -0.3 is 4.74 Å². The second kappa shape index (κ2) is 28.4. The van der Waals surface area contributed by atoms with Gasteiger partial charge in [0.25, 0.3) is 0 Å². The Kier molecular flexibility index (Phi) is 27.8. The third-order valence-corrected chi connectivity index (χ3v) is 7.19. The highest BCUT2D eigenvalue weighted by Gasteiger charge is 2.02. The van der Waals surface area contributed by atoms with E-state index in [1.807, 2.05) is 0 Å². The van der Waals surface area contributed by atoms with Crippen molar-refractivity contribution in [2.75, 3.05) is 6.61 Å². The van der Waals surface area contributed by atoms with Crippen molar-refractivity contribution < 1.29 is 9.53 Å². The topological polar surface area (TPSA) is 26.3 Å². The summed E-state index contributed by atoms with van der Waals surface area (Å²) in [7, 11) is 0. The lowest BCUT2D eigenvalue weighted by molar-refractivity contribution is -0.143. The van der Waals surface area contributed by atoms with Crippen molar-refractivity contribution in [1.82, 2.24) is 0 Å². The molecule has 0 bridgehead atoms. The van der Waals surface area contributed by atoms with Gasteiger partial charge in [0, 0.05) is 6.42 Å². The van der Waals surface area contributed by atoms with E-state index < -0.39 is 0 Å². The molecule has 0 aromatic rings. The minimum atomic E-state index is 0.0129. The molecule has 1 atom stereocenters. The van der Waals surface area contributed by atoms with E-state index in [1.165, 1.54) is 128 Å². The quantitative estimate of drug-likeness (QED) is 0.0666. The summed E-state index contributed by atoms with van der Waals surface area (Å²) in [4.78, 5) is 11.9. The molecule has 0 saturated heterocycles. The number of hydrogen-bond donors (Lipinski definition) is 0. The fourth-order valence-electron chi connectivity index (χ4n) is 4.46. The van der Waals surface area contributed by atoms with Gasteiger partial charge in [-0.05, 0) is 44.4 Å². The predicted octanol–water partition coefficient (Wildman–Crippen LogP) is 11.1. The van der Waals surface area contributed by atoms with Gasteiger partial charge in [-0.3, -0.25) is 4.79 Å². The summed E-state index contributed by atoms with van der Waals surface area (Å²) in [5.41, 5.74) is 0. The Labute approximate surface area is 215 Å². The molecule has 0 aromatic carbocycles. The van der Waals surface area contributed by atoms with Gasteiger partial charge in [-0.2, -0.15) is 0 Å². The Morgan fingerprint density at radius 3 is 1.65 bits per heavy atom. The van der Waals surface area contributed by atoms with Gasteiger partial charge in [0.05, 0.1) is 6.61 Å². The van der Waals surface area contributed by atoms with Gasteiger partial charge >= 0.3 is 5.97 Å². The second-order valence-electron chi connectivity index (χ2n) is 10.7. The summed E-state index contributed by atoms with van der Waals surface area (Å²) in [5, 5.41) is 0. The van der Waals surface area contributed by atoms with Crippen LogP contribution >= 0.6 is 0 Å². The average Bonchev–Trinajstić information content (AvgIpc) is 2.84. The highest BCUT2D eigenvalue weighted by atomic mass is 16.5. The summed E-state index contributed by atoms with van der Waals surface area (Å²) in [6, 6.07) is 0. The molecule has 0 aliphatic carbocycles.